The van der Waals surface area contributed by atoms with E-state index in [1.54, 1.807) is 29.5 Å². The third-order valence-corrected chi connectivity index (χ3v) is 6.98. The zero-order valence-corrected chi connectivity index (χ0v) is 16.7. The van der Waals surface area contributed by atoms with Crippen molar-refractivity contribution in [1.29, 1.82) is 0 Å². The number of amides is 1. The van der Waals surface area contributed by atoms with Crippen LogP contribution in [-0.4, -0.2) is 62.0 Å². The highest BCUT2D eigenvalue weighted by Gasteiger charge is 2.63. The molecule has 154 valence electrons. The predicted molar refractivity (Wildman–Crippen MR) is 109 cm³/mol. The fourth-order valence-electron chi connectivity index (χ4n) is 5.53. The van der Waals surface area contributed by atoms with Gasteiger partial charge in [0.25, 0.3) is 5.91 Å². The smallest absolute Gasteiger partial charge is 0.252 e. The second kappa shape index (κ2) is 6.46. The van der Waals surface area contributed by atoms with Gasteiger partial charge in [-0.1, -0.05) is 0 Å². The Morgan fingerprint density at radius 3 is 3.03 bits per heavy atom. The monoisotopic (exact) mass is 405 g/mol. The van der Waals surface area contributed by atoms with Gasteiger partial charge in [0.05, 0.1) is 35.5 Å². The zero-order valence-electron chi connectivity index (χ0n) is 16.7. The minimum Gasteiger partial charge on any atom is -0.369 e. The largest absolute Gasteiger partial charge is 0.369 e. The van der Waals surface area contributed by atoms with Crippen LogP contribution in [0.3, 0.4) is 0 Å². The summed E-state index contributed by atoms with van der Waals surface area (Å²) in [5, 5.41) is 7.32. The van der Waals surface area contributed by atoms with Crippen molar-refractivity contribution in [3.8, 4) is 0 Å². The quantitative estimate of drug-likeness (QED) is 0.696. The van der Waals surface area contributed by atoms with E-state index in [1.165, 1.54) is 0 Å². The van der Waals surface area contributed by atoms with Gasteiger partial charge in [0.1, 0.15) is 5.52 Å². The van der Waals surface area contributed by atoms with Crippen molar-refractivity contribution in [2.24, 2.45) is 18.9 Å². The number of rotatable bonds is 4. The van der Waals surface area contributed by atoms with Crippen molar-refractivity contribution in [3.05, 3.63) is 42.5 Å². The number of fused-ring (bicyclic) bond motifs is 2. The van der Waals surface area contributed by atoms with E-state index in [1.807, 2.05) is 19.2 Å². The molecule has 0 unspecified atom stereocenters. The van der Waals surface area contributed by atoms with Gasteiger partial charge in [0, 0.05) is 50.6 Å². The molecule has 3 aliphatic rings. The molecular formula is C21H23N7O2. The Morgan fingerprint density at radius 1 is 1.30 bits per heavy atom. The second-order valence-electron chi connectivity index (χ2n) is 8.57. The molecule has 1 N–H and O–H groups in total. The van der Waals surface area contributed by atoms with Crippen molar-refractivity contribution in [2.45, 2.75) is 24.5 Å². The van der Waals surface area contributed by atoms with E-state index in [2.05, 4.69) is 30.3 Å². The van der Waals surface area contributed by atoms with Gasteiger partial charge in [0.2, 0.25) is 5.95 Å². The molecule has 6 rings (SSSR count). The van der Waals surface area contributed by atoms with Crippen molar-refractivity contribution in [3.63, 3.8) is 0 Å². The van der Waals surface area contributed by atoms with Gasteiger partial charge in [0.15, 0.2) is 0 Å². The van der Waals surface area contributed by atoms with Crippen LogP contribution in [0.25, 0.3) is 11.0 Å². The lowest BCUT2D eigenvalue weighted by atomic mass is 9.73. The molecule has 30 heavy (non-hydrogen) atoms. The Hall–Kier alpha value is -3.07. The van der Waals surface area contributed by atoms with E-state index in [0.29, 0.717) is 23.9 Å². The summed E-state index contributed by atoms with van der Waals surface area (Å²) < 4.78 is 8.20. The second-order valence-corrected chi connectivity index (χ2v) is 8.57. The SMILES string of the molecule is Cn1ncc2ncc(C(=O)NC[C@H]3[C@H]4CN(c5ncccn5)C[C@]45CC[C@H]3O5)cc21. The van der Waals surface area contributed by atoms with Crippen LogP contribution in [0.1, 0.15) is 23.2 Å². The van der Waals surface area contributed by atoms with Gasteiger partial charge < -0.3 is 15.0 Å². The Balaban J connectivity index is 1.18. The van der Waals surface area contributed by atoms with Crippen LogP contribution in [0.15, 0.2) is 36.9 Å². The first-order chi connectivity index (χ1) is 14.6. The molecule has 3 fully saturated rings. The maximum atomic E-state index is 12.8. The molecule has 9 heteroatoms. The number of ether oxygens (including phenoxy) is 1. The van der Waals surface area contributed by atoms with Gasteiger partial charge in [-0.05, 0) is 25.0 Å². The Kier molecular flexibility index (Phi) is 3.83. The topological polar surface area (TPSA) is 98.1 Å². The van der Waals surface area contributed by atoms with Crippen LogP contribution < -0.4 is 10.2 Å². The number of carbonyl (C=O) groups excluding carboxylic acids is 1. The number of anilines is 1. The average molecular weight is 405 g/mol. The van der Waals surface area contributed by atoms with Crippen LogP contribution in [0, 0.1) is 11.8 Å². The van der Waals surface area contributed by atoms with Gasteiger partial charge in [-0.25, -0.2) is 9.97 Å². The Morgan fingerprint density at radius 2 is 2.17 bits per heavy atom. The van der Waals surface area contributed by atoms with Gasteiger partial charge in [-0.2, -0.15) is 5.10 Å². The normalized spacial score (nSPS) is 29.5. The summed E-state index contributed by atoms with van der Waals surface area (Å²) in [6, 6.07) is 3.67. The number of pyridine rings is 1. The molecule has 0 aliphatic carbocycles. The first-order valence-corrected chi connectivity index (χ1v) is 10.4. The summed E-state index contributed by atoms with van der Waals surface area (Å²) in [6.45, 7) is 2.29. The van der Waals surface area contributed by atoms with E-state index in [9.17, 15) is 4.79 Å². The molecule has 3 aromatic rings. The Labute approximate surface area is 173 Å². The van der Waals surface area contributed by atoms with Crippen LogP contribution in [0.4, 0.5) is 5.95 Å². The van der Waals surface area contributed by atoms with E-state index in [0.717, 1.165) is 42.9 Å². The third kappa shape index (κ3) is 2.61. The fourth-order valence-corrected chi connectivity index (χ4v) is 5.53. The molecule has 6 heterocycles. The average Bonchev–Trinajstić information content (AvgIpc) is 3.52. The lowest BCUT2D eigenvalue weighted by molar-refractivity contribution is 0.0141. The van der Waals surface area contributed by atoms with Crippen molar-refractivity contribution >= 4 is 22.9 Å². The highest BCUT2D eigenvalue weighted by molar-refractivity contribution is 5.96. The van der Waals surface area contributed by atoms with Crippen LogP contribution in [0.5, 0.6) is 0 Å². The van der Waals surface area contributed by atoms with Crippen LogP contribution in [-0.2, 0) is 11.8 Å². The summed E-state index contributed by atoms with van der Waals surface area (Å²) in [5.74, 6) is 1.32. The molecule has 1 spiro atoms. The molecule has 1 amide bonds. The van der Waals surface area contributed by atoms with E-state index in [-0.39, 0.29) is 17.6 Å². The third-order valence-electron chi connectivity index (χ3n) is 6.98. The minimum absolute atomic E-state index is 0.108. The molecule has 2 bridgehead atoms. The summed E-state index contributed by atoms with van der Waals surface area (Å²) >= 11 is 0. The number of hydrogen-bond donors (Lipinski definition) is 1. The number of nitrogens with one attached hydrogen (secondary N) is 1. The van der Waals surface area contributed by atoms with Gasteiger partial charge >= 0.3 is 0 Å². The van der Waals surface area contributed by atoms with E-state index in [4.69, 9.17) is 4.74 Å². The lowest BCUT2D eigenvalue weighted by Crippen LogP contribution is -2.41. The maximum Gasteiger partial charge on any atom is 0.252 e. The summed E-state index contributed by atoms with van der Waals surface area (Å²) in [5.41, 5.74) is 2.05. The standard InChI is InChI=1S/C21H23N7O2/c1-27-17-7-13(8-24-16(17)10-26-27)19(29)25-9-14-15-11-28(20-22-5-2-6-23-20)12-21(15)4-3-18(14)30-21/h2,5-8,10,14-15,18H,3-4,9,11-12H2,1H3,(H,25,29)/t14-,15+,18+,21+/m0/s1. The van der Waals surface area contributed by atoms with E-state index >= 15 is 0 Å². The summed E-state index contributed by atoms with van der Waals surface area (Å²) in [6.07, 6.45) is 9.19. The zero-order chi connectivity index (χ0) is 20.3. The number of aryl methyl sites for hydroxylation is 1. The number of nitrogens with zero attached hydrogens (tertiary/aromatic N) is 6. The van der Waals surface area contributed by atoms with Crippen LogP contribution in [0.2, 0.25) is 0 Å². The fraction of sp³-hybridized carbons (Fsp3) is 0.476. The molecule has 3 aromatic heterocycles. The number of aromatic nitrogens is 5. The lowest BCUT2D eigenvalue weighted by Gasteiger charge is -2.29. The van der Waals surface area contributed by atoms with Gasteiger partial charge in [-0.3, -0.25) is 14.5 Å². The first kappa shape index (κ1) is 17.8. The summed E-state index contributed by atoms with van der Waals surface area (Å²) in [4.78, 5) is 28.2. The van der Waals surface area contributed by atoms with Gasteiger partial charge in [-0.15, -0.1) is 0 Å². The predicted octanol–water partition coefficient (Wildman–Crippen LogP) is 1.17. The van der Waals surface area contributed by atoms with Crippen LogP contribution >= 0.6 is 0 Å². The molecule has 9 nitrogen and oxygen atoms in total. The van der Waals surface area contributed by atoms with E-state index < -0.39 is 0 Å². The van der Waals surface area contributed by atoms with Crippen molar-refractivity contribution in [1.82, 2.24) is 30.0 Å². The molecule has 4 atom stereocenters. The molecular weight excluding hydrogens is 382 g/mol. The minimum atomic E-state index is -0.131. The Bertz CT molecular complexity index is 1120. The first-order valence-electron chi connectivity index (χ1n) is 10.4. The van der Waals surface area contributed by atoms with Crippen molar-refractivity contribution < 1.29 is 9.53 Å². The van der Waals surface area contributed by atoms with Crippen molar-refractivity contribution in [2.75, 3.05) is 24.5 Å². The molecule has 0 aromatic carbocycles. The number of hydrogen-bond acceptors (Lipinski definition) is 7. The number of carbonyl (C=O) groups is 1. The molecule has 3 aliphatic heterocycles. The molecule has 0 saturated carbocycles. The highest BCUT2D eigenvalue weighted by Crippen LogP contribution is 2.54. The highest BCUT2D eigenvalue weighted by atomic mass is 16.5. The maximum absolute atomic E-state index is 12.8. The molecule has 3 saturated heterocycles. The summed E-state index contributed by atoms with van der Waals surface area (Å²) in [7, 11) is 1.85. The molecule has 0 radical (unpaired) electrons.